The van der Waals surface area contributed by atoms with Crippen molar-refractivity contribution in [1.82, 2.24) is 4.90 Å². The Bertz CT molecular complexity index is 1730. The lowest BCUT2D eigenvalue weighted by atomic mass is 9.94. The molecule has 8 heteroatoms. The molecule has 40 heavy (non-hydrogen) atoms. The number of hydrogen-bond acceptors (Lipinski definition) is 7. The van der Waals surface area contributed by atoms with Gasteiger partial charge >= 0.3 is 5.97 Å². The molecule has 6 rings (SSSR count). The summed E-state index contributed by atoms with van der Waals surface area (Å²) < 4.78 is 17.0. The standard InChI is InChI=1S/C32H27NO7/c1-18-8-14-24-26(16-18)39-28(19-9-12-22(38-2)13-10-19)29(27(24)34)40-32(37)20-11-15-23-25(17-20)31(36)33(30(23)35)21-6-4-3-5-7-21/h8-17,21H,3-7H2,1-2H3. The van der Waals surface area contributed by atoms with Gasteiger partial charge in [0.1, 0.15) is 11.3 Å². The molecule has 8 nitrogen and oxygen atoms in total. The van der Waals surface area contributed by atoms with Crippen molar-refractivity contribution in [2.24, 2.45) is 0 Å². The number of aryl methyl sites for hydroxylation is 1. The van der Waals surface area contributed by atoms with Crippen molar-refractivity contribution in [2.75, 3.05) is 7.11 Å². The molecule has 0 unspecified atom stereocenters. The first-order valence-electron chi connectivity index (χ1n) is 13.3. The Kier molecular flexibility index (Phi) is 6.46. The highest BCUT2D eigenvalue weighted by molar-refractivity contribution is 6.22. The van der Waals surface area contributed by atoms with Gasteiger partial charge in [-0.1, -0.05) is 25.3 Å². The minimum atomic E-state index is -0.840. The van der Waals surface area contributed by atoms with Crippen LogP contribution in [0.1, 0.15) is 68.7 Å². The van der Waals surface area contributed by atoms with Crippen LogP contribution >= 0.6 is 0 Å². The van der Waals surface area contributed by atoms with E-state index in [4.69, 9.17) is 13.9 Å². The zero-order valence-corrected chi connectivity index (χ0v) is 22.2. The van der Waals surface area contributed by atoms with Crippen molar-refractivity contribution in [2.45, 2.75) is 45.1 Å². The zero-order chi connectivity index (χ0) is 28.0. The summed E-state index contributed by atoms with van der Waals surface area (Å²) in [6.45, 7) is 1.88. The topological polar surface area (TPSA) is 103 Å². The number of methoxy groups -OCH3 is 1. The summed E-state index contributed by atoms with van der Waals surface area (Å²) in [5.74, 6) is -1.14. The number of rotatable bonds is 5. The number of imide groups is 1. The molecule has 1 fully saturated rings. The molecule has 0 bridgehead atoms. The molecular formula is C32H27NO7. The van der Waals surface area contributed by atoms with Crippen LogP contribution in [-0.4, -0.2) is 35.8 Å². The molecule has 1 aliphatic carbocycles. The van der Waals surface area contributed by atoms with Crippen LogP contribution < -0.4 is 14.9 Å². The van der Waals surface area contributed by atoms with Crippen LogP contribution in [0, 0.1) is 6.92 Å². The highest BCUT2D eigenvalue weighted by Crippen LogP contribution is 2.34. The second kappa shape index (κ2) is 10.1. The third-order valence-electron chi connectivity index (χ3n) is 7.65. The van der Waals surface area contributed by atoms with Crippen molar-refractivity contribution in [3.63, 3.8) is 0 Å². The van der Waals surface area contributed by atoms with E-state index in [9.17, 15) is 19.2 Å². The predicted octanol–water partition coefficient (Wildman–Crippen LogP) is 5.92. The molecule has 0 radical (unpaired) electrons. The monoisotopic (exact) mass is 537 g/mol. The van der Waals surface area contributed by atoms with Crippen LogP contribution in [-0.2, 0) is 0 Å². The molecular weight excluding hydrogens is 510 g/mol. The van der Waals surface area contributed by atoms with Crippen molar-refractivity contribution < 1.29 is 28.3 Å². The third kappa shape index (κ3) is 4.35. The lowest BCUT2D eigenvalue weighted by Crippen LogP contribution is -2.40. The number of carbonyl (C=O) groups is 3. The van der Waals surface area contributed by atoms with E-state index in [0.717, 1.165) is 37.7 Å². The van der Waals surface area contributed by atoms with Gasteiger partial charge in [-0.3, -0.25) is 19.3 Å². The number of amides is 2. The van der Waals surface area contributed by atoms with Crippen LogP contribution in [0.5, 0.6) is 11.5 Å². The highest BCUT2D eigenvalue weighted by Gasteiger charge is 2.40. The average molecular weight is 538 g/mol. The summed E-state index contributed by atoms with van der Waals surface area (Å²) in [7, 11) is 1.55. The molecule has 202 valence electrons. The van der Waals surface area contributed by atoms with E-state index in [-0.39, 0.29) is 45.5 Å². The lowest BCUT2D eigenvalue weighted by molar-refractivity contribution is 0.0548. The molecule has 4 aromatic rings. The minimum absolute atomic E-state index is 0.0504. The summed E-state index contributed by atoms with van der Waals surface area (Å²) in [5.41, 5.74) is 1.77. The number of nitrogens with zero attached hydrogens (tertiary/aromatic N) is 1. The van der Waals surface area contributed by atoms with Crippen LogP contribution in [0.25, 0.3) is 22.3 Å². The molecule has 2 heterocycles. The molecule has 0 atom stereocenters. The van der Waals surface area contributed by atoms with E-state index < -0.39 is 17.3 Å². The smallest absolute Gasteiger partial charge is 0.343 e. The van der Waals surface area contributed by atoms with Crippen molar-refractivity contribution in [1.29, 1.82) is 0 Å². The number of benzene rings is 3. The Morgan fingerprint density at radius 1 is 0.875 bits per heavy atom. The summed E-state index contributed by atoms with van der Waals surface area (Å²) in [6.07, 6.45) is 4.61. The van der Waals surface area contributed by atoms with Crippen LogP contribution in [0.2, 0.25) is 0 Å². The lowest BCUT2D eigenvalue weighted by Gasteiger charge is -2.29. The van der Waals surface area contributed by atoms with Crippen LogP contribution in [0.4, 0.5) is 0 Å². The molecule has 1 saturated carbocycles. The van der Waals surface area contributed by atoms with Gasteiger partial charge in [-0.05, 0) is 79.9 Å². The van der Waals surface area contributed by atoms with E-state index >= 15 is 0 Å². The Labute approximate surface area is 230 Å². The van der Waals surface area contributed by atoms with Gasteiger partial charge in [0.15, 0.2) is 5.76 Å². The summed E-state index contributed by atoms with van der Waals surface area (Å²) in [6, 6.07) is 16.1. The van der Waals surface area contributed by atoms with E-state index in [1.165, 1.54) is 23.1 Å². The van der Waals surface area contributed by atoms with Gasteiger partial charge in [-0.25, -0.2) is 4.79 Å². The zero-order valence-electron chi connectivity index (χ0n) is 22.2. The minimum Gasteiger partial charge on any atom is -0.497 e. The molecule has 1 aliphatic heterocycles. The SMILES string of the molecule is COc1ccc(-c2oc3cc(C)ccc3c(=O)c2OC(=O)c2ccc3c(c2)C(=O)N(C2CCCCC2)C3=O)cc1. The number of esters is 1. The molecule has 0 saturated heterocycles. The number of ether oxygens (including phenoxy) is 2. The maximum atomic E-state index is 13.6. The van der Waals surface area contributed by atoms with E-state index in [2.05, 4.69) is 0 Å². The maximum absolute atomic E-state index is 13.6. The van der Waals surface area contributed by atoms with Gasteiger partial charge in [0, 0.05) is 11.6 Å². The van der Waals surface area contributed by atoms with Gasteiger partial charge in [-0.2, -0.15) is 0 Å². The van der Waals surface area contributed by atoms with E-state index in [1.54, 1.807) is 49.6 Å². The fourth-order valence-corrected chi connectivity index (χ4v) is 5.52. The third-order valence-corrected chi connectivity index (χ3v) is 7.65. The molecule has 3 aromatic carbocycles. The van der Waals surface area contributed by atoms with Crippen molar-refractivity contribution in [3.05, 3.63) is 93.1 Å². The highest BCUT2D eigenvalue weighted by atomic mass is 16.5. The summed E-state index contributed by atoms with van der Waals surface area (Å²) in [5, 5.41) is 0.267. The molecule has 2 aliphatic rings. The van der Waals surface area contributed by atoms with Gasteiger partial charge in [0.25, 0.3) is 11.8 Å². The quantitative estimate of drug-likeness (QED) is 0.230. The van der Waals surface area contributed by atoms with E-state index in [1.807, 2.05) is 6.92 Å². The Hall–Kier alpha value is -4.72. The Balaban J connectivity index is 1.37. The first-order chi connectivity index (χ1) is 19.4. The first kappa shape index (κ1) is 25.6. The molecule has 0 N–H and O–H groups in total. The number of carbonyl (C=O) groups excluding carboxylic acids is 3. The van der Waals surface area contributed by atoms with Gasteiger partial charge < -0.3 is 13.9 Å². The predicted molar refractivity (Wildman–Crippen MR) is 148 cm³/mol. The Morgan fingerprint density at radius 2 is 1.60 bits per heavy atom. The number of hydrogen-bond donors (Lipinski definition) is 0. The fourth-order valence-electron chi connectivity index (χ4n) is 5.52. The van der Waals surface area contributed by atoms with Crippen molar-refractivity contribution in [3.8, 4) is 22.8 Å². The summed E-state index contributed by atoms with van der Waals surface area (Å²) >= 11 is 0. The van der Waals surface area contributed by atoms with E-state index in [0.29, 0.717) is 16.9 Å². The van der Waals surface area contributed by atoms with Crippen LogP contribution in [0.3, 0.4) is 0 Å². The second-order valence-corrected chi connectivity index (χ2v) is 10.2. The van der Waals surface area contributed by atoms with Crippen molar-refractivity contribution >= 4 is 28.8 Å². The number of fused-ring (bicyclic) bond motifs is 2. The largest absolute Gasteiger partial charge is 0.497 e. The molecule has 2 amide bonds. The summed E-state index contributed by atoms with van der Waals surface area (Å²) in [4.78, 5) is 54.6. The fraction of sp³-hybridized carbons (Fsp3) is 0.250. The molecule has 1 aromatic heterocycles. The van der Waals surface area contributed by atoms with Crippen LogP contribution in [0.15, 0.2) is 69.9 Å². The second-order valence-electron chi connectivity index (χ2n) is 10.2. The van der Waals surface area contributed by atoms with Gasteiger partial charge in [0.05, 0.1) is 29.2 Å². The van der Waals surface area contributed by atoms with Gasteiger partial charge in [-0.15, -0.1) is 0 Å². The van der Waals surface area contributed by atoms with Gasteiger partial charge in [0.2, 0.25) is 11.2 Å². The average Bonchev–Trinajstić information content (AvgIpc) is 3.23. The first-order valence-corrected chi connectivity index (χ1v) is 13.3. The Morgan fingerprint density at radius 3 is 2.33 bits per heavy atom. The normalized spacial score (nSPS) is 15.4. The maximum Gasteiger partial charge on any atom is 0.343 e. The molecule has 0 spiro atoms.